The Hall–Kier alpha value is -2.11. The van der Waals surface area contributed by atoms with Crippen LogP contribution in [0.2, 0.25) is 0 Å². The number of amides is 1. The van der Waals surface area contributed by atoms with Gasteiger partial charge in [-0.1, -0.05) is 0 Å². The second-order valence-electron chi connectivity index (χ2n) is 3.91. The highest BCUT2D eigenvalue weighted by Crippen LogP contribution is 2.20. The zero-order valence-electron chi connectivity index (χ0n) is 8.73. The van der Waals surface area contributed by atoms with E-state index < -0.39 is 0 Å². The number of nitrogens with one attached hydrogen (secondary N) is 1. The van der Waals surface area contributed by atoms with E-state index in [4.69, 9.17) is 0 Å². The molecule has 0 spiro atoms. The number of aromatic nitrogens is 3. The first-order valence-electron chi connectivity index (χ1n) is 5.01. The molecule has 1 aliphatic rings. The van der Waals surface area contributed by atoms with Crippen molar-refractivity contribution in [3.63, 3.8) is 0 Å². The van der Waals surface area contributed by atoms with E-state index >= 15 is 0 Å². The van der Waals surface area contributed by atoms with Gasteiger partial charge in [-0.05, 0) is 6.07 Å². The van der Waals surface area contributed by atoms with Crippen LogP contribution >= 0.6 is 0 Å². The van der Waals surface area contributed by atoms with Crippen LogP contribution in [-0.2, 0) is 6.54 Å². The van der Waals surface area contributed by atoms with Gasteiger partial charge in [-0.25, -0.2) is 5.10 Å². The number of likely N-dealkylation sites (N-methyl/N-ethyl adjacent to an activating group) is 1. The predicted molar refractivity (Wildman–Crippen MR) is 57.3 cm³/mol. The third kappa shape index (κ3) is 1.04. The Bertz CT molecular complexity index is 640. The minimum atomic E-state index is -0.255. The Morgan fingerprint density at radius 3 is 3.00 bits per heavy atom. The minimum Gasteiger partial charge on any atom is -0.339 e. The van der Waals surface area contributed by atoms with E-state index in [0.29, 0.717) is 24.2 Å². The molecule has 0 bridgehead atoms. The Kier molecular flexibility index (Phi) is 1.68. The van der Waals surface area contributed by atoms with E-state index in [1.54, 1.807) is 24.2 Å². The largest absolute Gasteiger partial charge is 0.339 e. The van der Waals surface area contributed by atoms with Crippen LogP contribution in [0.5, 0.6) is 0 Å². The number of fused-ring (bicyclic) bond motifs is 3. The van der Waals surface area contributed by atoms with Gasteiger partial charge < -0.3 is 9.47 Å². The molecule has 6 nitrogen and oxygen atoms in total. The molecule has 6 heteroatoms. The molecule has 0 aromatic carbocycles. The number of carbonyl (C=O) groups excluding carboxylic acids is 1. The van der Waals surface area contributed by atoms with Crippen molar-refractivity contribution >= 4 is 16.8 Å². The van der Waals surface area contributed by atoms with Gasteiger partial charge in [0.1, 0.15) is 5.69 Å². The average molecular weight is 218 g/mol. The summed E-state index contributed by atoms with van der Waals surface area (Å²) in [4.78, 5) is 25.0. The Morgan fingerprint density at radius 2 is 2.19 bits per heavy atom. The van der Waals surface area contributed by atoms with Gasteiger partial charge in [-0.2, -0.15) is 5.10 Å². The number of aromatic amines is 1. The standard InChI is InChI=1S/C10H10N4O2/c1-13-2-3-14-7(10(13)16)4-6-8(14)5-11-12-9(6)15/h4-5H,2-3H2,1H3,(H,12,15). The molecule has 0 saturated heterocycles. The van der Waals surface area contributed by atoms with Gasteiger partial charge in [-0.3, -0.25) is 9.59 Å². The molecule has 0 radical (unpaired) electrons. The summed E-state index contributed by atoms with van der Waals surface area (Å²) >= 11 is 0. The summed E-state index contributed by atoms with van der Waals surface area (Å²) in [5.74, 6) is -0.0538. The summed E-state index contributed by atoms with van der Waals surface area (Å²) in [6, 6.07) is 1.63. The van der Waals surface area contributed by atoms with Gasteiger partial charge in [0.05, 0.1) is 17.1 Å². The molecule has 0 aliphatic carbocycles. The zero-order chi connectivity index (χ0) is 11.3. The van der Waals surface area contributed by atoms with Crippen molar-refractivity contribution in [2.24, 2.45) is 0 Å². The molecule has 2 aromatic rings. The average Bonchev–Trinajstić information content (AvgIpc) is 2.65. The lowest BCUT2D eigenvalue weighted by molar-refractivity contribution is 0.0751. The van der Waals surface area contributed by atoms with Crippen LogP contribution in [-0.4, -0.2) is 39.2 Å². The van der Waals surface area contributed by atoms with Crippen molar-refractivity contribution < 1.29 is 4.79 Å². The van der Waals surface area contributed by atoms with Gasteiger partial charge in [0, 0.05) is 20.1 Å². The Labute approximate surface area is 90.5 Å². The summed E-state index contributed by atoms with van der Waals surface area (Å²) in [5, 5.41) is 6.64. The summed E-state index contributed by atoms with van der Waals surface area (Å²) in [5.41, 5.74) is 1.03. The van der Waals surface area contributed by atoms with Crippen LogP contribution in [0.25, 0.3) is 10.9 Å². The highest BCUT2D eigenvalue weighted by molar-refractivity contribution is 5.98. The molecule has 16 heavy (non-hydrogen) atoms. The molecule has 1 N–H and O–H groups in total. The second-order valence-corrected chi connectivity index (χ2v) is 3.91. The first-order valence-corrected chi connectivity index (χ1v) is 5.01. The number of carbonyl (C=O) groups is 1. The molecule has 82 valence electrons. The molecule has 3 rings (SSSR count). The predicted octanol–water partition coefficient (Wildman–Crippen LogP) is -0.190. The summed E-state index contributed by atoms with van der Waals surface area (Å²) < 4.78 is 1.85. The number of rotatable bonds is 0. The third-order valence-corrected chi connectivity index (χ3v) is 2.96. The van der Waals surface area contributed by atoms with E-state index in [1.165, 1.54) is 0 Å². The van der Waals surface area contributed by atoms with Crippen LogP contribution < -0.4 is 5.56 Å². The van der Waals surface area contributed by atoms with Crippen LogP contribution in [0.3, 0.4) is 0 Å². The normalized spacial score (nSPS) is 15.6. The molecule has 3 heterocycles. The van der Waals surface area contributed by atoms with Crippen molar-refractivity contribution in [3.05, 3.63) is 28.3 Å². The van der Waals surface area contributed by atoms with Crippen LogP contribution in [0.4, 0.5) is 0 Å². The van der Waals surface area contributed by atoms with Crippen molar-refractivity contribution in [2.75, 3.05) is 13.6 Å². The number of hydrogen-bond donors (Lipinski definition) is 1. The topological polar surface area (TPSA) is 71.0 Å². The molecule has 0 saturated carbocycles. The Morgan fingerprint density at radius 1 is 1.38 bits per heavy atom. The number of nitrogens with zero attached hydrogens (tertiary/aromatic N) is 3. The maximum atomic E-state index is 11.9. The minimum absolute atomic E-state index is 0.0538. The van der Waals surface area contributed by atoms with Gasteiger partial charge in [-0.15, -0.1) is 0 Å². The maximum absolute atomic E-state index is 11.9. The van der Waals surface area contributed by atoms with Crippen molar-refractivity contribution in [3.8, 4) is 0 Å². The third-order valence-electron chi connectivity index (χ3n) is 2.96. The Balaban J connectivity index is 2.39. The molecule has 1 amide bonds. The lowest BCUT2D eigenvalue weighted by atomic mass is 10.3. The molecule has 2 aromatic heterocycles. The summed E-state index contributed by atoms with van der Waals surface area (Å²) in [6.07, 6.45) is 1.58. The van der Waals surface area contributed by atoms with E-state index in [-0.39, 0.29) is 11.5 Å². The van der Waals surface area contributed by atoms with Crippen LogP contribution in [0.15, 0.2) is 17.1 Å². The highest BCUT2D eigenvalue weighted by Gasteiger charge is 2.24. The molecular weight excluding hydrogens is 208 g/mol. The van der Waals surface area contributed by atoms with Crippen LogP contribution in [0.1, 0.15) is 10.5 Å². The molecule has 0 fully saturated rings. The van der Waals surface area contributed by atoms with E-state index in [2.05, 4.69) is 10.2 Å². The van der Waals surface area contributed by atoms with Crippen molar-refractivity contribution in [1.82, 2.24) is 19.7 Å². The van der Waals surface area contributed by atoms with Crippen molar-refractivity contribution in [1.29, 1.82) is 0 Å². The van der Waals surface area contributed by atoms with E-state index in [0.717, 1.165) is 5.52 Å². The van der Waals surface area contributed by atoms with Gasteiger partial charge >= 0.3 is 0 Å². The fourth-order valence-corrected chi connectivity index (χ4v) is 2.06. The molecule has 0 unspecified atom stereocenters. The second kappa shape index (κ2) is 2.94. The summed E-state index contributed by atoms with van der Waals surface area (Å²) in [6.45, 7) is 1.36. The number of H-pyrrole nitrogens is 1. The molecular formula is C10H10N4O2. The van der Waals surface area contributed by atoms with Crippen LogP contribution in [0, 0.1) is 0 Å². The lowest BCUT2D eigenvalue weighted by Crippen LogP contribution is -2.36. The summed E-state index contributed by atoms with van der Waals surface area (Å²) in [7, 11) is 1.76. The van der Waals surface area contributed by atoms with Crippen molar-refractivity contribution in [2.45, 2.75) is 6.54 Å². The number of hydrogen-bond acceptors (Lipinski definition) is 3. The van der Waals surface area contributed by atoms with Gasteiger partial charge in [0.2, 0.25) is 0 Å². The molecule has 1 aliphatic heterocycles. The maximum Gasteiger partial charge on any atom is 0.273 e. The SMILES string of the molecule is CN1CCn2c(cc3c(=O)[nH]ncc32)C1=O. The fourth-order valence-electron chi connectivity index (χ4n) is 2.06. The van der Waals surface area contributed by atoms with Gasteiger partial charge in [0.25, 0.3) is 11.5 Å². The monoisotopic (exact) mass is 218 g/mol. The van der Waals surface area contributed by atoms with Gasteiger partial charge in [0.15, 0.2) is 0 Å². The first kappa shape index (κ1) is 9.14. The smallest absolute Gasteiger partial charge is 0.273 e. The quantitative estimate of drug-likeness (QED) is 0.666. The molecule has 0 atom stereocenters. The zero-order valence-corrected chi connectivity index (χ0v) is 8.73. The first-order chi connectivity index (χ1) is 7.68. The van der Waals surface area contributed by atoms with E-state index in [1.807, 2.05) is 4.57 Å². The fraction of sp³-hybridized carbons (Fsp3) is 0.300. The highest BCUT2D eigenvalue weighted by atomic mass is 16.2. The lowest BCUT2D eigenvalue weighted by Gasteiger charge is -2.24. The van der Waals surface area contributed by atoms with E-state index in [9.17, 15) is 9.59 Å².